The maximum Gasteiger partial charge on any atom is 0.200 e. The van der Waals surface area contributed by atoms with Crippen LogP contribution in [0.3, 0.4) is 0 Å². The number of hydrogen-bond acceptors (Lipinski definition) is 1. The zero-order valence-corrected chi connectivity index (χ0v) is 10.9. The number of allylic oxidation sites excluding steroid dienone is 2. The molecule has 2 aliphatic rings. The lowest BCUT2D eigenvalue weighted by atomic mass is 9.91. The molecule has 1 fully saturated rings. The van der Waals surface area contributed by atoms with Gasteiger partial charge >= 0.3 is 0 Å². The summed E-state index contributed by atoms with van der Waals surface area (Å²) in [5.74, 6) is 0.864. The van der Waals surface area contributed by atoms with Crippen LogP contribution in [0.15, 0.2) is 11.3 Å². The molecule has 0 aromatic heterocycles. The van der Waals surface area contributed by atoms with Gasteiger partial charge in [0.2, 0.25) is 0 Å². The number of hydrogen-bond donors (Lipinski definition) is 1. The second kappa shape index (κ2) is 5.85. The van der Waals surface area contributed by atoms with E-state index in [2.05, 4.69) is 6.08 Å². The molecule has 1 atom stereocenters. The molecule has 15 heavy (non-hydrogen) atoms. The summed E-state index contributed by atoms with van der Waals surface area (Å²) in [4.78, 5) is 10.3. The molecule has 2 aliphatic carbocycles. The second-order valence-corrected chi connectivity index (χ2v) is 7.52. The Balaban J connectivity index is 1.79. The van der Waals surface area contributed by atoms with Crippen LogP contribution >= 0.6 is 0 Å². The van der Waals surface area contributed by atoms with Crippen molar-refractivity contribution in [3.05, 3.63) is 11.3 Å². The van der Waals surface area contributed by atoms with Crippen molar-refractivity contribution in [1.82, 2.24) is 0 Å². The normalized spacial score (nSPS) is 26.1. The second-order valence-electron chi connectivity index (χ2n) is 5.28. The minimum absolute atomic E-state index is 0.864. The van der Waals surface area contributed by atoms with E-state index in [9.17, 15) is 4.80 Å². The first-order chi connectivity index (χ1) is 7.36. The smallest absolute Gasteiger partial charge is 0.200 e. The summed E-state index contributed by atoms with van der Waals surface area (Å²) in [6.45, 7) is 0. The van der Waals surface area contributed by atoms with Gasteiger partial charge < -0.3 is 4.80 Å². The first-order valence-corrected chi connectivity index (χ1v) is 8.64. The maximum atomic E-state index is 10.3. The molecule has 0 spiro atoms. The van der Waals surface area contributed by atoms with Crippen LogP contribution in [0.2, 0.25) is 6.04 Å². The molecule has 0 saturated heterocycles. The molecule has 0 aliphatic heterocycles. The van der Waals surface area contributed by atoms with E-state index in [1.54, 1.807) is 0 Å². The van der Waals surface area contributed by atoms with E-state index in [0.29, 0.717) is 0 Å². The van der Waals surface area contributed by atoms with Crippen LogP contribution in [0.5, 0.6) is 0 Å². The molecular weight excluding hydrogens is 200 g/mol. The lowest BCUT2D eigenvalue weighted by Gasteiger charge is -2.25. The molecule has 2 rings (SSSR count). The van der Waals surface area contributed by atoms with Crippen molar-refractivity contribution in [3.63, 3.8) is 0 Å². The van der Waals surface area contributed by atoms with Crippen LogP contribution in [0.1, 0.15) is 57.8 Å². The molecule has 1 N–H and O–H groups in total. The van der Waals surface area contributed by atoms with Gasteiger partial charge in [-0.25, -0.2) is 0 Å². The molecule has 0 heterocycles. The fourth-order valence-corrected chi connectivity index (χ4v) is 5.44. The molecular formula is C13H24OSi. The molecule has 0 radical (unpaired) electrons. The minimum atomic E-state index is -1.50. The average molecular weight is 224 g/mol. The first kappa shape index (κ1) is 11.4. The van der Waals surface area contributed by atoms with E-state index in [4.69, 9.17) is 0 Å². The minimum Gasteiger partial charge on any atom is -0.431 e. The maximum absolute atomic E-state index is 10.3. The van der Waals surface area contributed by atoms with E-state index < -0.39 is 9.04 Å². The highest BCUT2D eigenvalue weighted by molar-refractivity contribution is 6.59. The molecule has 0 amide bonds. The topological polar surface area (TPSA) is 20.2 Å². The highest BCUT2D eigenvalue weighted by atomic mass is 28.3. The van der Waals surface area contributed by atoms with Gasteiger partial charge in [0, 0.05) is 0 Å². The molecule has 86 valence electrons. The van der Waals surface area contributed by atoms with Crippen molar-refractivity contribution in [2.24, 2.45) is 5.92 Å². The van der Waals surface area contributed by atoms with Crippen LogP contribution in [0.4, 0.5) is 0 Å². The largest absolute Gasteiger partial charge is 0.431 e. The SMILES string of the molecule is O[SiH](CC1CCCCC1)C1=CCCCC1. The van der Waals surface area contributed by atoms with Crippen LogP contribution in [-0.4, -0.2) is 13.8 Å². The van der Waals surface area contributed by atoms with Crippen molar-refractivity contribution in [2.75, 3.05) is 0 Å². The quantitative estimate of drug-likeness (QED) is 0.729. The lowest BCUT2D eigenvalue weighted by molar-refractivity contribution is 0.373. The summed E-state index contributed by atoms with van der Waals surface area (Å²) in [7, 11) is -1.50. The third kappa shape index (κ3) is 3.46. The highest BCUT2D eigenvalue weighted by Crippen LogP contribution is 2.30. The van der Waals surface area contributed by atoms with Crippen molar-refractivity contribution < 1.29 is 4.80 Å². The van der Waals surface area contributed by atoms with Crippen molar-refractivity contribution >= 4 is 9.04 Å². The third-order valence-corrected chi connectivity index (χ3v) is 6.53. The fourth-order valence-electron chi connectivity index (χ4n) is 3.06. The van der Waals surface area contributed by atoms with Gasteiger partial charge in [0.05, 0.1) is 0 Å². The molecule has 0 aromatic carbocycles. The van der Waals surface area contributed by atoms with Crippen LogP contribution in [-0.2, 0) is 0 Å². The van der Waals surface area contributed by atoms with Crippen molar-refractivity contribution in [1.29, 1.82) is 0 Å². The summed E-state index contributed by atoms with van der Waals surface area (Å²) in [5.41, 5.74) is 0. The Bertz CT molecular complexity index is 219. The Morgan fingerprint density at radius 1 is 1.13 bits per heavy atom. The Labute approximate surface area is 95.3 Å². The van der Waals surface area contributed by atoms with Gasteiger partial charge in [-0.15, -0.1) is 0 Å². The van der Waals surface area contributed by atoms with Crippen molar-refractivity contribution in [2.45, 2.75) is 63.8 Å². The van der Waals surface area contributed by atoms with Gasteiger partial charge in [-0.3, -0.25) is 0 Å². The van der Waals surface area contributed by atoms with E-state index in [1.165, 1.54) is 69.0 Å². The van der Waals surface area contributed by atoms with E-state index in [1.807, 2.05) is 0 Å². The van der Waals surface area contributed by atoms with Crippen LogP contribution < -0.4 is 0 Å². The van der Waals surface area contributed by atoms with Gasteiger partial charge in [0.25, 0.3) is 0 Å². The molecule has 2 heteroatoms. The zero-order chi connectivity index (χ0) is 10.5. The van der Waals surface area contributed by atoms with Gasteiger partial charge in [-0.1, -0.05) is 43.4 Å². The van der Waals surface area contributed by atoms with E-state index in [0.717, 1.165) is 5.92 Å². The molecule has 1 nitrogen and oxygen atoms in total. The van der Waals surface area contributed by atoms with Gasteiger partial charge in [-0.2, -0.15) is 0 Å². The predicted octanol–water partition coefficient (Wildman–Crippen LogP) is 3.32. The predicted molar refractivity (Wildman–Crippen MR) is 67.3 cm³/mol. The third-order valence-electron chi connectivity index (χ3n) is 4.04. The summed E-state index contributed by atoms with van der Waals surface area (Å²) < 4.78 is 0. The van der Waals surface area contributed by atoms with E-state index in [-0.39, 0.29) is 0 Å². The summed E-state index contributed by atoms with van der Waals surface area (Å²) >= 11 is 0. The molecule has 0 aromatic rings. The highest BCUT2D eigenvalue weighted by Gasteiger charge is 2.22. The molecule has 1 saturated carbocycles. The summed E-state index contributed by atoms with van der Waals surface area (Å²) in [6, 6.07) is 1.17. The van der Waals surface area contributed by atoms with Gasteiger partial charge in [-0.05, 0) is 37.6 Å². The standard InChI is InChI=1S/C13H24OSi/c14-15(13-9-5-2-6-10-13)11-12-7-3-1-4-8-12/h9,12,14-15H,1-8,10-11H2. The molecule has 1 unspecified atom stereocenters. The Kier molecular flexibility index (Phi) is 4.45. The summed E-state index contributed by atoms with van der Waals surface area (Å²) in [6.07, 6.45) is 14.5. The molecule has 0 bridgehead atoms. The average Bonchev–Trinajstić information content (AvgIpc) is 2.31. The first-order valence-electron chi connectivity index (χ1n) is 6.73. The number of rotatable bonds is 3. The van der Waals surface area contributed by atoms with Crippen molar-refractivity contribution in [3.8, 4) is 0 Å². The fraction of sp³-hybridized carbons (Fsp3) is 0.846. The monoisotopic (exact) mass is 224 g/mol. The van der Waals surface area contributed by atoms with Crippen LogP contribution in [0, 0.1) is 5.92 Å². The van der Waals surface area contributed by atoms with Gasteiger partial charge in [0.15, 0.2) is 9.04 Å². The Morgan fingerprint density at radius 2 is 1.93 bits per heavy atom. The van der Waals surface area contributed by atoms with E-state index >= 15 is 0 Å². The Hall–Kier alpha value is -0.0831. The van der Waals surface area contributed by atoms with Crippen LogP contribution in [0.25, 0.3) is 0 Å². The summed E-state index contributed by atoms with van der Waals surface area (Å²) in [5, 5.41) is 1.48. The lowest BCUT2D eigenvalue weighted by Crippen LogP contribution is -2.22. The van der Waals surface area contributed by atoms with Gasteiger partial charge in [0.1, 0.15) is 0 Å². The Morgan fingerprint density at radius 3 is 2.60 bits per heavy atom. The zero-order valence-electron chi connectivity index (χ0n) is 9.75.